The van der Waals surface area contributed by atoms with Crippen LogP contribution in [0.25, 0.3) is 0 Å². The minimum atomic E-state index is -0.580. The first-order chi connectivity index (χ1) is 11.2. The number of methoxy groups -OCH3 is 1. The Hall–Kier alpha value is -2.56. The maximum atomic E-state index is 13.2. The number of anilines is 1. The van der Waals surface area contributed by atoms with E-state index in [9.17, 15) is 9.18 Å². The molecule has 5 heteroatoms. The highest BCUT2D eigenvalue weighted by atomic mass is 19.1. The number of amides is 1. The number of hydrogen-bond acceptors (Lipinski definition) is 3. The van der Waals surface area contributed by atoms with Gasteiger partial charge in [0.2, 0.25) is 5.91 Å². The lowest BCUT2D eigenvalue weighted by molar-refractivity contribution is -0.122. The van der Waals surface area contributed by atoms with Crippen LogP contribution in [-0.4, -0.2) is 19.1 Å². The van der Waals surface area contributed by atoms with Crippen molar-refractivity contribution >= 4 is 11.6 Å². The van der Waals surface area contributed by atoms with Gasteiger partial charge in [-0.05, 0) is 42.7 Å². The highest BCUT2D eigenvalue weighted by molar-refractivity contribution is 5.86. The lowest BCUT2D eigenvalue weighted by Gasteiger charge is -2.20. The predicted molar refractivity (Wildman–Crippen MR) is 86.9 cm³/mol. The number of nitrogens with one attached hydrogen (secondary N) is 2. The molecule has 0 heterocycles. The molecule has 2 aromatic rings. The largest absolute Gasteiger partial charge is 0.497 e. The van der Waals surface area contributed by atoms with E-state index < -0.39 is 6.04 Å². The molecule has 0 saturated heterocycles. The zero-order valence-electron chi connectivity index (χ0n) is 12.9. The molecule has 23 heavy (non-hydrogen) atoms. The Morgan fingerprint density at radius 3 is 2.61 bits per heavy atom. The average Bonchev–Trinajstić information content (AvgIpc) is 3.37. The monoisotopic (exact) mass is 314 g/mol. The first-order valence-corrected chi connectivity index (χ1v) is 7.62. The summed E-state index contributed by atoms with van der Waals surface area (Å²) in [5, 5.41) is 6.20. The number of ether oxygens (including phenoxy) is 1. The fourth-order valence-corrected chi connectivity index (χ4v) is 2.35. The molecule has 4 nitrogen and oxygen atoms in total. The molecular weight excluding hydrogens is 295 g/mol. The van der Waals surface area contributed by atoms with Crippen LogP contribution < -0.4 is 15.4 Å². The Morgan fingerprint density at radius 2 is 1.96 bits per heavy atom. The molecule has 0 unspecified atom stereocenters. The summed E-state index contributed by atoms with van der Waals surface area (Å²) < 4.78 is 18.4. The van der Waals surface area contributed by atoms with Crippen LogP contribution in [0.15, 0.2) is 48.5 Å². The Kier molecular flexibility index (Phi) is 4.46. The Balaban J connectivity index is 1.83. The third-order valence-corrected chi connectivity index (χ3v) is 3.77. The summed E-state index contributed by atoms with van der Waals surface area (Å²) >= 11 is 0. The molecule has 2 aromatic carbocycles. The third-order valence-electron chi connectivity index (χ3n) is 3.77. The van der Waals surface area contributed by atoms with E-state index >= 15 is 0 Å². The second-order valence-corrected chi connectivity index (χ2v) is 5.64. The van der Waals surface area contributed by atoms with Gasteiger partial charge in [0.1, 0.15) is 17.6 Å². The van der Waals surface area contributed by atoms with Crippen molar-refractivity contribution in [2.45, 2.75) is 24.9 Å². The van der Waals surface area contributed by atoms with E-state index in [4.69, 9.17) is 4.74 Å². The van der Waals surface area contributed by atoms with Gasteiger partial charge in [-0.2, -0.15) is 0 Å². The van der Waals surface area contributed by atoms with Crippen LogP contribution in [0, 0.1) is 5.82 Å². The van der Waals surface area contributed by atoms with Gasteiger partial charge in [-0.25, -0.2) is 4.39 Å². The summed E-state index contributed by atoms with van der Waals surface area (Å²) in [6.45, 7) is 0. The molecule has 0 radical (unpaired) electrons. The number of carbonyl (C=O) groups is 1. The van der Waals surface area contributed by atoms with Crippen molar-refractivity contribution < 1.29 is 13.9 Å². The molecule has 1 aliphatic rings. The molecule has 0 aliphatic heterocycles. The van der Waals surface area contributed by atoms with E-state index in [2.05, 4.69) is 10.6 Å². The summed E-state index contributed by atoms with van der Waals surface area (Å²) in [5.41, 5.74) is 1.48. The van der Waals surface area contributed by atoms with Crippen LogP contribution in [0.1, 0.15) is 24.4 Å². The molecule has 0 aromatic heterocycles. The van der Waals surface area contributed by atoms with Gasteiger partial charge in [-0.3, -0.25) is 4.79 Å². The number of carbonyl (C=O) groups excluding carboxylic acids is 1. The van der Waals surface area contributed by atoms with E-state index in [1.807, 2.05) is 24.3 Å². The molecular formula is C18H19FN2O2. The SMILES string of the molecule is COc1cccc(N[C@@H](C(=O)NC2CC2)c2ccc(F)cc2)c1. The van der Waals surface area contributed by atoms with Gasteiger partial charge in [0.15, 0.2) is 0 Å². The topological polar surface area (TPSA) is 50.4 Å². The van der Waals surface area contributed by atoms with Crippen molar-refractivity contribution in [1.29, 1.82) is 0 Å². The molecule has 3 rings (SSSR count). The van der Waals surface area contributed by atoms with Gasteiger partial charge in [-0.15, -0.1) is 0 Å². The standard InChI is InChI=1S/C18H19FN2O2/c1-23-16-4-2-3-15(11-16)20-17(18(22)21-14-9-10-14)12-5-7-13(19)8-6-12/h2-8,11,14,17,20H,9-10H2,1H3,(H,21,22)/t17-/m1/s1. The van der Waals surface area contributed by atoms with Crippen LogP contribution in [0.4, 0.5) is 10.1 Å². The molecule has 2 N–H and O–H groups in total. The first-order valence-electron chi connectivity index (χ1n) is 7.62. The van der Waals surface area contributed by atoms with Gasteiger partial charge in [0.05, 0.1) is 7.11 Å². The van der Waals surface area contributed by atoms with Crippen molar-refractivity contribution in [2.75, 3.05) is 12.4 Å². The molecule has 1 fully saturated rings. The van der Waals surface area contributed by atoms with Crippen LogP contribution in [0.3, 0.4) is 0 Å². The van der Waals surface area contributed by atoms with E-state index in [0.717, 1.165) is 18.5 Å². The minimum absolute atomic E-state index is 0.109. The lowest BCUT2D eigenvalue weighted by atomic mass is 10.1. The first kappa shape index (κ1) is 15.3. The summed E-state index contributed by atoms with van der Waals surface area (Å²) in [6.07, 6.45) is 2.03. The van der Waals surface area contributed by atoms with Gasteiger partial charge < -0.3 is 15.4 Å². The van der Waals surface area contributed by atoms with E-state index in [0.29, 0.717) is 11.3 Å². The molecule has 1 saturated carbocycles. The lowest BCUT2D eigenvalue weighted by Crippen LogP contribution is -2.34. The Bertz CT molecular complexity index is 684. The van der Waals surface area contributed by atoms with Crippen molar-refractivity contribution in [3.63, 3.8) is 0 Å². The van der Waals surface area contributed by atoms with Crippen molar-refractivity contribution in [1.82, 2.24) is 5.32 Å². The van der Waals surface area contributed by atoms with Crippen LogP contribution in [-0.2, 0) is 4.79 Å². The Morgan fingerprint density at radius 1 is 1.22 bits per heavy atom. The Labute approximate surface area is 134 Å². The molecule has 1 aliphatic carbocycles. The fraction of sp³-hybridized carbons (Fsp3) is 0.278. The van der Waals surface area contributed by atoms with Gasteiger partial charge in [0, 0.05) is 17.8 Å². The smallest absolute Gasteiger partial charge is 0.247 e. The summed E-state index contributed by atoms with van der Waals surface area (Å²) in [4.78, 5) is 12.5. The average molecular weight is 314 g/mol. The third kappa shape index (κ3) is 4.00. The van der Waals surface area contributed by atoms with Crippen LogP contribution in [0.2, 0.25) is 0 Å². The predicted octanol–water partition coefficient (Wildman–Crippen LogP) is 3.27. The number of rotatable bonds is 6. The highest BCUT2D eigenvalue weighted by Gasteiger charge is 2.28. The molecule has 120 valence electrons. The van der Waals surface area contributed by atoms with E-state index in [-0.39, 0.29) is 17.8 Å². The molecule has 1 amide bonds. The second-order valence-electron chi connectivity index (χ2n) is 5.64. The molecule has 1 atom stereocenters. The van der Waals surface area contributed by atoms with Crippen molar-refractivity contribution in [3.8, 4) is 5.75 Å². The maximum absolute atomic E-state index is 13.2. The van der Waals surface area contributed by atoms with E-state index in [1.165, 1.54) is 12.1 Å². The van der Waals surface area contributed by atoms with Crippen molar-refractivity contribution in [3.05, 3.63) is 59.9 Å². The number of benzene rings is 2. The summed E-state index contributed by atoms with van der Waals surface area (Å²) in [5.74, 6) is 0.272. The fourth-order valence-electron chi connectivity index (χ4n) is 2.35. The van der Waals surface area contributed by atoms with Gasteiger partial charge in [0.25, 0.3) is 0 Å². The summed E-state index contributed by atoms with van der Waals surface area (Å²) in [6, 6.07) is 13.0. The van der Waals surface area contributed by atoms with Gasteiger partial charge >= 0.3 is 0 Å². The maximum Gasteiger partial charge on any atom is 0.247 e. The van der Waals surface area contributed by atoms with Crippen molar-refractivity contribution in [2.24, 2.45) is 0 Å². The molecule has 0 bridgehead atoms. The minimum Gasteiger partial charge on any atom is -0.497 e. The zero-order valence-corrected chi connectivity index (χ0v) is 12.9. The second kappa shape index (κ2) is 6.69. The van der Waals surface area contributed by atoms with Crippen LogP contribution >= 0.6 is 0 Å². The van der Waals surface area contributed by atoms with Gasteiger partial charge in [-0.1, -0.05) is 18.2 Å². The van der Waals surface area contributed by atoms with Crippen LogP contribution in [0.5, 0.6) is 5.75 Å². The number of hydrogen-bond donors (Lipinski definition) is 2. The normalized spacial score (nSPS) is 14.9. The number of halogens is 1. The van der Waals surface area contributed by atoms with E-state index in [1.54, 1.807) is 19.2 Å². The zero-order chi connectivity index (χ0) is 16.2. The quantitative estimate of drug-likeness (QED) is 0.860. The highest BCUT2D eigenvalue weighted by Crippen LogP contribution is 2.25. The summed E-state index contributed by atoms with van der Waals surface area (Å²) in [7, 11) is 1.59. The molecule has 0 spiro atoms.